The van der Waals surface area contributed by atoms with E-state index in [0.29, 0.717) is 0 Å². The second-order valence-corrected chi connectivity index (χ2v) is 5.53. The summed E-state index contributed by atoms with van der Waals surface area (Å²) in [5.74, 6) is 0. The van der Waals surface area contributed by atoms with Gasteiger partial charge in [-0.15, -0.1) is 0 Å². The maximum absolute atomic E-state index is 4.74. The lowest BCUT2D eigenvalue weighted by Gasteiger charge is -2.10. The molecule has 0 spiro atoms. The van der Waals surface area contributed by atoms with E-state index in [0.717, 1.165) is 25.2 Å². The minimum Gasteiger partial charge on any atom is -0.313 e. The van der Waals surface area contributed by atoms with Crippen molar-refractivity contribution in [3.63, 3.8) is 0 Å². The van der Waals surface area contributed by atoms with Gasteiger partial charge in [0.05, 0.1) is 11.4 Å². The van der Waals surface area contributed by atoms with Crippen LogP contribution in [0.15, 0.2) is 18.2 Å². The van der Waals surface area contributed by atoms with Crippen LogP contribution >= 0.6 is 0 Å². The third-order valence-electron chi connectivity index (χ3n) is 3.76. The molecule has 1 aromatic heterocycles. The molecule has 1 heterocycles. The fraction of sp³-hybridized carbons (Fsp3) is 0.471. The van der Waals surface area contributed by atoms with Crippen LogP contribution in [-0.2, 0) is 6.54 Å². The average molecular weight is 271 g/mol. The summed E-state index contributed by atoms with van der Waals surface area (Å²) in [7, 11) is 0. The molecule has 0 atom stereocenters. The number of benzene rings is 1. The standard InChI is InChI=1S/C17H25N3/c1-6-9-18-11-16-14(4)19-20(15(16)5)17-10-12(2)7-8-13(17)3/h7-8,10,18H,6,9,11H2,1-5H3. The smallest absolute Gasteiger partial charge is 0.0680 e. The largest absolute Gasteiger partial charge is 0.313 e. The average Bonchev–Trinajstić information content (AvgIpc) is 2.69. The van der Waals surface area contributed by atoms with Crippen molar-refractivity contribution in [1.82, 2.24) is 15.1 Å². The molecule has 2 aromatic rings. The van der Waals surface area contributed by atoms with Crippen molar-refractivity contribution >= 4 is 0 Å². The van der Waals surface area contributed by atoms with E-state index in [1.54, 1.807) is 0 Å². The molecular weight excluding hydrogens is 246 g/mol. The minimum atomic E-state index is 0.899. The molecule has 0 radical (unpaired) electrons. The van der Waals surface area contributed by atoms with Crippen molar-refractivity contribution in [1.29, 1.82) is 0 Å². The summed E-state index contributed by atoms with van der Waals surface area (Å²) < 4.78 is 2.08. The van der Waals surface area contributed by atoms with Crippen LogP contribution in [0.25, 0.3) is 5.69 Å². The first kappa shape index (κ1) is 14.8. The molecule has 0 aliphatic heterocycles. The van der Waals surface area contributed by atoms with Gasteiger partial charge >= 0.3 is 0 Å². The molecular formula is C17H25N3. The predicted octanol–water partition coefficient (Wildman–Crippen LogP) is 3.61. The van der Waals surface area contributed by atoms with Gasteiger partial charge in [0.2, 0.25) is 0 Å². The zero-order valence-corrected chi connectivity index (χ0v) is 13.2. The molecule has 1 N–H and O–H groups in total. The van der Waals surface area contributed by atoms with E-state index in [9.17, 15) is 0 Å². The van der Waals surface area contributed by atoms with Gasteiger partial charge in [-0.2, -0.15) is 5.10 Å². The van der Waals surface area contributed by atoms with Crippen LogP contribution in [0, 0.1) is 27.7 Å². The molecule has 0 aliphatic rings. The Morgan fingerprint density at radius 1 is 1.15 bits per heavy atom. The van der Waals surface area contributed by atoms with Gasteiger partial charge < -0.3 is 5.32 Å². The monoisotopic (exact) mass is 271 g/mol. The summed E-state index contributed by atoms with van der Waals surface area (Å²) in [6, 6.07) is 6.52. The highest BCUT2D eigenvalue weighted by Crippen LogP contribution is 2.21. The van der Waals surface area contributed by atoms with Crippen molar-refractivity contribution in [2.45, 2.75) is 47.6 Å². The van der Waals surface area contributed by atoms with Crippen LogP contribution in [-0.4, -0.2) is 16.3 Å². The molecule has 0 saturated carbocycles. The normalized spacial score (nSPS) is 11.1. The number of rotatable bonds is 5. The third-order valence-corrected chi connectivity index (χ3v) is 3.76. The van der Waals surface area contributed by atoms with Gasteiger partial charge in [-0.1, -0.05) is 19.1 Å². The molecule has 1 aromatic carbocycles. The first-order valence-electron chi connectivity index (χ1n) is 7.38. The number of nitrogens with one attached hydrogen (secondary N) is 1. The Bertz CT molecular complexity index is 597. The highest BCUT2D eigenvalue weighted by Gasteiger charge is 2.13. The minimum absolute atomic E-state index is 0.899. The summed E-state index contributed by atoms with van der Waals surface area (Å²) in [5.41, 5.74) is 7.39. The fourth-order valence-electron chi connectivity index (χ4n) is 2.50. The fourth-order valence-corrected chi connectivity index (χ4v) is 2.50. The lowest BCUT2D eigenvalue weighted by atomic mass is 10.1. The van der Waals surface area contributed by atoms with E-state index < -0.39 is 0 Å². The quantitative estimate of drug-likeness (QED) is 0.842. The molecule has 0 bridgehead atoms. The van der Waals surface area contributed by atoms with Crippen LogP contribution in [0.2, 0.25) is 0 Å². The molecule has 0 fully saturated rings. The van der Waals surface area contributed by atoms with E-state index >= 15 is 0 Å². The first-order valence-corrected chi connectivity index (χ1v) is 7.38. The zero-order valence-electron chi connectivity index (χ0n) is 13.2. The first-order chi connectivity index (χ1) is 9.54. The number of hydrogen-bond acceptors (Lipinski definition) is 2. The molecule has 3 nitrogen and oxygen atoms in total. The predicted molar refractivity (Wildman–Crippen MR) is 84.5 cm³/mol. The Labute approximate surface area is 122 Å². The summed E-state index contributed by atoms with van der Waals surface area (Å²) in [5, 5.41) is 8.21. The third kappa shape index (κ3) is 2.93. The van der Waals surface area contributed by atoms with E-state index in [-0.39, 0.29) is 0 Å². The number of nitrogens with zero attached hydrogens (tertiary/aromatic N) is 2. The Kier molecular flexibility index (Phi) is 4.61. The molecule has 108 valence electrons. The molecule has 0 amide bonds. The van der Waals surface area contributed by atoms with Gasteiger partial charge in [0.25, 0.3) is 0 Å². The summed E-state index contributed by atoms with van der Waals surface area (Å²) in [6.45, 7) is 12.6. The summed E-state index contributed by atoms with van der Waals surface area (Å²) in [6.07, 6.45) is 1.16. The topological polar surface area (TPSA) is 29.9 Å². The van der Waals surface area contributed by atoms with Gasteiger partial charge in [0, 0.05) is 17.8 Å². The Morgan fingerprint density at radius 2 is 1.90 bits per heavy atom. The number of aryl methyl sites for hydroxylation is 3. The van der Waals surface area contributed by atoms with Crippen LogP contribution in [0.3, 0.4) is 0 Å². The molecule has 0 aliphatic carbocycles. The molecule has 0 unspecified atom stereocenters. The van der Waals surface area contributed by atoms with Gasteiger partial charge in [-0.3, -0.25) is 0 Å². The van der Waals surface area contributed by atoms with E-state index in [4.69, 9.17) is 5.10 Å². The molecule has 20 heavy (non-hydrogen) atoms. The second-order valence-electron chi connectivity index (χ2n) is 5.53. The van der Waals surface area contributed by atoms with Gasteiger partial charge in [0.15, 0.2) is 0 Å². The van der Waals surface area contributed by atoms with Crippen molar-refractivity contribution in [3.8, 4) is 5.69 Å². The Balaban J connectivity index is 2.38. The Hall–Kier alpha value is -1.61. The molecule has 2 rings (SSSR count). The molecule has 0 saturated heterocycles. The van der Waals surface area contributed by atoms with Gasteiger partial charge in [-0.05, 0) is 57.9 Å². The summed E-state index contributed by atoms with van der Waals surface area (Å²) in [4.78, 5) is 0. The second kappa shape index (κ2) is 6.23. The highest BCUT2D eigenvalue weighted by atomic mass is 15.3. The van der Waals surface area contributed by atoms with Crippen molar-refractivity contribution in [2.75, 3.05) is 6.54 Å². The highest BCUT2D eigenvalue weighted by molar-refractivity contribution is 5.45. The zero-order chi connectivity index (χ0) is 14.7. The summed E-state index contributed by atoms with van der Waals surface area (Å²) >= 11 is 0. The van der Waals surface area contributed by atoms with Crippen molar-refractivity contribution < 1.29 is 0 Å². The van der Waals surface area contributed by atoms with Crippen molar-refractivity contribution in [3.05, 3.63) is 46.3 Å². The van der Waals surface area contributed by atoms with Crippen molar-refractivity contribution in [2.24, 2.45) is 0 Å². The van der Waals surface area contributed by atoms with Gasteiger partial charge in [0.1, 0.15) is 0 Å². The van der Waals surface area contributed by atoms with Crippen LogP contribution in [0.1, 0.15) is 41.4 Å². The van der Waals surface area contributed by atoms with Crippen LogP contribution < -0.4 is 5.32 Å². The van der Waals surface area contributed by atoms with Crippen LogP contribution in [0.4, 0.5) is 0 Å². The lowest BCUT2D eigenvalue weighted by molar-refractivity contribution is 0.670. The van der Waals surface area contributed by atoms with Crippen LogP contribution in [0.5, 0.6) is 0 Å². The number of hydrogen-bond donors (Lipinski definition) is 1. The number of aromatic nitrogens is 2. The Morgan fingerprint density at radius 3 is 2.60 bits per heavy atom. The maximum Gasteiger partial charge on any atom is 0.0680 e. The van der Waals surface area contributed by atoms with E-state index in [2.05, 4.69) is 62.8 Å². The SMILES string of the molecule is CCCNCc1c(C)nn(-c2cc(C)ccc2C)c1C. The van der Waals surface area contributed by atoms with E-state index in [1.165, 1.54) is 28.1 Å². The maximum atomic E-state index is 4.74. The lowest BCUT2D eigenvalue weighted by Crippen LogP contribution is -2.15. The molecule has 3 heteroatoms. The van der Waals surface area contributed by atoms with Gasteiger partial charge in [-0.25, -0.2) is 4.68 Å². The van der Waals surface area contributed by atoms with E-state index in [1.807, 2.05) is 0 Å².